The summed E-state index contributed by atoms with van der Waals surface area (Å²) in [5.41, 5.74) is 0.890. The van der Waals surface area contributed by atoms with Gasteiger partial charge in [0.05, 0.1) is 11.6 Å². The van der Waals surface area contributed by atoms with Crippen LogP contribution in [-0.4, -0.2) is 12.4 Å². The number of halogens is 3. The van der Waals surface area contributed by atoms with Crippen molar-refractivity contribution in [2.24, 2.45) is 0 Å². The van der Waals surface area contributed by atoms with Crippen LogP contribution in [0.15, 0.2) is 40.9 Å². The van der Waals surface area contributed by atoms with Gasteiger partial charge in [-0.25, -0.2) is 0 Å². The zero-order chi connectivity index (χ0) is 14.7. The van der Waals surface area contributed by atoms with Crippen LogP contribution in [0.4, 0.5) is 0 Å². The molecule has 0 aliphatic heterocycles. The van der Waals surface area contributed by atoms with Crippen molar-refractivity contribution in [3.05, 3.63) is 62.0 Å². The molecular weight excluding hydrogens is 363 g/mol. The molecule has 0 unspecified atom stereocenters. The summed E-state index contributed by atoms with van der Waals surface area (Å²) in [6.45, 7) is 2.47. The SMILES string of the molecule is CCOc1ccc(C(=O)c2cc(Cl)ccc2Cl)c(Br)c1. The Morgan fingerprint density at radius 3 is 2.55 bits per heavy atom. The number of benzene rings is 2. The second-order valence-electron chi connectivity index (χ2n) is 4.03. The largest absolute Gasteiger partial charge is 0.494 e. The van der Waals surface area contributed by atoms with Crippen LogP contribution in [0.5, 0.6) is 5.75 Å². The normalized spacial score (nSPS) is 10.4. The van der Waals surface area contributed by atoms with E-state index in [9.17, 15) is 4.79 Å². The third-order valence-electron chi connectivity index (χ3n) is 2.67. The third kappa shape index (κ3) is 3.35. The molecule has 0 N–H and O–H groups in total. The Balaban J connectivity index is 2.40. The van der Waals surface area contributed by atoms with Gasteiger partial charge in [0, 0.05) is 20.6 Å². The van der Waals surface area contributed by atoms with Crippen LogP contribution < -0.4 is 4.74 Å². The van der Waals surface area contributed by atoms with Crippen LogP contribution in [0.3, 0.4) is 0 Å². The lowest BCUT2D eigenvalue weighted by atomic mass is 10.0. The zero-order valence-electron chi connectivity index (χ0n) is 10.6. The van der Waals surface area contributed by atoms with Gasteiger partial charge in [-0.3, -0.25) is 4.79 Å². The van der Waals surface area contributed by atoms with Crippen molar-refractivity contribution >= 4 is 44.9 Å². The van der Waals surface area contributed by atoms with Gasteiger partial charge in [-0.05, 0) is 59.3 Å². The molecule has 0 aliphatic carbocycles. The predicted octanol–water partition coefficient (Wildman–Crippen LogP) is 5.39. The number of hydrogen-bond donors (Lipinski definition) is 0. The van der Waals surface area contributed by atoms with Gasteiger partial charge in [0.1, 0.15) is 5.75 Å². The first-order chi connectivity index (χ1) is 9.52. The van der Waals surface area contributed by atoms with E-state index in [0.717, 1.165) is 0 Å². The molecule has 2 rings (SSSR count). The fourth-order valence-electron chi connectivity index (χ4n) is 1.75. The second-order valence-corrected chi connectivity index (χ2v) is 5.73. The van der Waals surface area contributed by atoms with Crippen LogP contribution in [0.1, 0.15) is 22.8 Å². The van der Waals surface area contributed by atoms with Crippen molar-refractivity contribution in [2.45, 2.75) is 6.92 Å². The quantitative estimate of drug-likeness (QED) is 0.672. The van der Waals surface area contributed by atoms with Crippen molar-refractivity contribution in [2.75, 3.05) is 6.61 Å². The van der Waals surface area contributed by atoms with Crippen molar-refractivity contribution in [1.29, 1.82) is 0 Å². The molecule has 0 saturated carbocycles. The minimum Gasteiger partial charge on any atom is -0.494 e. The Hall–Kier alpha value is -1.03. The number of carbonyl (C=O) groups is 1. The van der Waals surface area contributed by atoms with Gasteiger partial charge < -0.3 is 4.74 Å². The Labute approximate surface area is 135 Å². The zero-order valence-corrected chi connectivity index (χ0v) is 13.7. The molecule has 0 spiro atoms. The summed E-state index contributed by atoms with van der Waals surface area (Å²) in [6, 6.07) is 10.0. The van der Waals surface area contributed by atoms with E-state index in [0.29, 0.717) is 38.0 Å². The molecule has 2 aromatic rings. The highest BCUT2D eigenvalue weighted by atomic mass is 79.9. The Morgan fingerprint density at radius 1 is 1.15 bits per heavy atom. The standard InChI is InChI=1S/C15H11BrCl2O2/c1-2-20-10-4-5-11(13(16)8-10)15(19)12-7-9(17)3-6-14(12)18/h3-8H,2H2,1H3. The average molecular weight is 374 g/mol. The summed E-state index contributed by atoms with van der Waals surface area (Å²) >= 11 is 15.3. The summed E-state index contributed by atoms with van der Waals surface area (Å²) in [6.07, 6.45) is 0. The van der Waals surface area contributed by atoms with E-state index >= 15 is 0 Å². The van der Waals surface area contributed by atoms with E-state index in [1.807, 2.05) is 6.92 Å². The Bertz CT molecular complexity index is 656. The Morgan fingerprint density at radius 2 is 1.90 bits per heavy atom. The van der Waals surface area contributed by atoms with Crippen LogP contribution >= 0.6 is 39.1 Å². The van der Waals surface area contributed by atoms with Crippen LogP contribution in [0, 0.1) is 0 Å². The molecule has 104 valence electrons. The summed E-state index contributed by atoms with van der Waals surface area (Å²) in [4.78, 5) is 12.5. The molecule has 0 fully saturated rings. The van der Waals surface area contributed by atoms with Gasteiger partial charge in [0.15, 0.2) is 5.78 Å². The van der Waals surface area contributed by atoms with E-state index in [-0.39, 0.29) is 5.78 Å². The number of carbonyl (C=O) groups excluding carboxylic acids is 1. The van der Waals surface area contributed by atoms with Gasteiger partial charge in [-0.1, -0.05) is 23.2 Å². The number of ketones is 1. The highest BCUT2D eigenvalue weighted by molar-refractivity contribution is 9.10. The van der Waals surface area contributed by atoms with E-state index in [2.05, 4.69) is 15.9 Å². The van der Waals surface area contributed by atoms with Gasteiger partial charge >= 0.3 is 0 Å². The van der Waals surface area contributed by atoms with Crippen LogP contribution in [-0.2, 0) is 0 Å². The smallest absolute Gasteiger partial charge is 0.195 e. The molecular formula is C15H11BrCl2O2. The molecule has 0 aliphatic rings. The maximum absolute atomic E-state index is 12.5. The summed E-state index contributed by atoms with van der Waals surface area (Å²) in [5.74, 6) is 0.514. The first-order valence-corrected chi connectivity index (χ1v) is 7.50. The van der Waals surface area contributed by atoms with Crippen molar-refractivity contribution < 1.29 is 9.53 Å². The van der Waals surface area contributed by atoms with Gasteiger partial charge in [0.25, 0.3) is 0 Å². The first kappa shape index (κ1) is 15.4. The molecule has 0 amide bonds. The van der Waals surface area contributed by atoms with Gasteiger partial charge in [-0.15, -0.1) is 0 Å². The lowest BCUT2D eigenvalue weighted by Crippen LogP contribution is -2.04. The maximum atomic E-state index is 12.5. The Kier molecular flexibility index (Phi) is 5.08. The molecule has 5 heteroatoms. The average Bonchev–Trinajstić information content (AvgIpc) is 2.41. The molecule has 0 bridgehead atoms. The molecule has 0 radical (unpaired) electrons. The lowest BCUT2D eigenvalue weighted by molar-refractivity contribution is 0.103. The monoisotopic (exact) mass is 372 g/mol. The van der Waals surface area contributed by atoms with Gasteiger partial charge in [0.2, 0.25) is 0 Å². The molecule has 0 atom stereocenters. The van der Waals surface area contributed by atoms with E-state index in [1.165, 1.54) is 0 Å². The van der Waals surface area contributed by atoms with Crippen molar-refractivity contribution in [1.82, 2.24) is 0 Å². The van der Waals surface area contributed by atoms with Crippen molar-refractivity contribution in [3.8, 4) is 5.75 Å². The highest BCUT2D eigenvalue weighted by Crippen LogP contribution is 2.28. The predicted molar refractivity (Wildman–Crippen MR) is 85.2 cm³/mol. The number of rotatable bonds is 4. The minimum absolute atomic E-state index is 0.188. The summed E-state index contributed by atoms with van der Waals surface area (Å²) in [7, 11) is 0. The first-order valence-electron chi connectivity index (χ1n) is 5.95. The molecule has 2 nitrogen and oxygen atoms in total. The second kappa shape index (κ2) is 6.61. The highest BCUT2D eigenvalue weighted by Gasteiger charge is 2.16. The molecule has 0 heterocycles. The maximum Gasteiger partial charge on any atom is 0.195 e. The summed E-state index contributed by atoms with van der Waals surface area (Å²) < 4.78 is 6.04. The minimum atomic E-state index is -0.188. The van der Waals surface area contributed by atoms with Gasteiger partial charge in [-0.2, -0.15) is 0 Å². The molecule has 2 aromatic carbocycles. The molecule has 0 aromatic heterocycles. The van der Waals surface area contributed by atoms with Crippen LogP contribution in [0.25, 0.3) is 0 Å². The topological polar surface area (TPSA) is 26.3 Å². The third-order valence-corrected chi connectivity index (χ3v) is 3.89. The fraction of sp³-hybridized carbons (Fsp3) is 0.133. The van der Waals surface area contributed by atoms with Crippen LogP contribution in [0.2, 0.25) is 10.0 Å². The van der Waals surface area contributed by atoms with E-state index in [4.69, 9.17) is 27.9 Å². The molecule has 20 heavy (non-hydrogen) atoms. The molecule has 0 saturated heterocycles. The number of hydrogen-bond acceptors (Lipinski definition) is 2. The number of ether oxygens (including phenoxy) is 1. The van der Waals surface area contributed by atoms with E-state index in [1.54, 1.807) is 36.4 Å². The lowest BCUT2D eigenvalue weighted by Gasteiger charge is -2.09. The fourth-order valence-corrected chi connectivity index (χ4v) is 2.67. The van der Waals surface area contributed by atoms with Crippen molar-refractivity contribution in [3.63, 3.8) is 0 Å². The summed E-state index contributed by atoms with van der Waals surface area (Å²) in [5, 5.41) is 0.847. The van der Waals surface area contributed by atoms with E-state index < -0.39 is 0 Å².